The molecule has 0 saturated heterocycles. The second kappa shape index (κ2) is 6.00. The van der Waals surface area contributed by atoms with Crippen LogP contribution in [0.1, 0.15) is 39.7 Å². The van der Waals surface area contributed by atoms with E-state index >= 15 is 0 Å². The number of aromatic nitrogens is 2. The van der Waals surface area contributed by atoms with Crippen molar-refractivity contribution in [3.05, 3.63) is 50.6 Å². The number of likely N-dealkylation sites (N-methyl/N-ethyl adjacent to an activating group) is 1. The van der Waals surface area contributed by atoms with Crippen LogP contribution in [0.5, 0.6) is 0 Å². The summed E-state index contributed by atoms with van der Waals surface area (Å²) in [6.07, 6.45) is 4.49. The highest BCUT2D eigenvalue weighted by Gasteiger charge is 2.28. The number of carboxylic acids is 1. The third-order valence-electron chi connectivity index (χ3n) is 5.37. The van der Waals surface area contributed by atoms with Gasteiger partial charge in [-0.25, -0.2) is 9.78 Å². The van der Waals surface area contributed by atoms with Crippen molar-refractivity contribution in [1.82, 2.24) is 14.5 Å². The molecule has 0 aromatic carbocycles. The van der Waals surface area contributed by atoms with Gasteiger partial charge in [-0.1, -0.05) is 0 Å². The van der Waals surface area contributed by atoms with E-state index in [9.17, 15) is 14.7 Å². The summed E-state index contributed by atoms with van der Waals surface area (Å²) >= 11 is 1.76. The number of hydrogen-bond acceptors (Lipinski definition) is 5. The molecular weight excluding hydrogens is 362 g/mol. The predicted molar refractivity (Wildman–Crippen MR) is 105 cm³/mol. The summed E-state index contributed by atoms with van der Waals surface area (Å²) in [7, 11) is 2.13. The number of hydrogen-bond donors (Lipinski definition) is 1. The average Bonchev–Trinajstić information content (AvgIpc) is 3.40. The zero-order chi connectivity index (χ0) is 18.7. The molecule has 0 bridgehead atoms. The molecule has 0 unspecified atom stereocenters. The Morgan fingerprint density at radius 3 is 2.89 bits per heavy atom. The van der Waals surface area contributed by atoms with E-state index in [0.717, 1.165) is 42.9 Å². The molecule has 6 nitrogen and oxygen atoms in total. The van der Waals surface area contributed by atoms with Gasteiger partial charge >= 0.3 is 5.97 Å². The molecule has 3 aromatic rings. The van der Waals surface area contributed by atoms with Crippen molar-refractivity contribution in [3.8, 4) is 10.6 Å². The van der Waals surface area contributed by atoms with Crippen molar-refractivity contribution in [2.24, 2.45) is 0 Å². The molecule has 27 heavy (non-hydrogen) atoms. The summed E-state index contributed by atoms with van der Waals surface area (Å²) in [5.74, 6) is -1.18. The lowest BCUT2D eigenvalue weighted by atomic mass is 10.1. The van der Waals surface area contributed by atoms with E-state index < -0.39 is 11.4 Å². The first-order valence-corrected chi connectivity index (χ1v) is 9.92. The first-order valence-electron chi connectivity index (χ1n) is 9.11. The molecule has 1 fully saturated rings. The number of pyridine rings is 2. The summed E-state index contributed by atoms with van der Waals surface area (Å²) < 4.78 is 1.88. The molecule has 0 spiro atoms. The van der Waals surface area contributed by atoms with Crippen LogP contribution in [0.3, 0.4) is 0 Å². The first kappa shape index (κ1) is 16.6. The maximum absolute atomic E-state index is 12.6. The Morgan fingerprint density at radius 1 is 1.33 bits per heavy atom. The predicted octanol–water partition coefficient (Wildman–Crippen LogP) is 3.15. The maximum atomic E-state index is 12.6. The largest absolute Gasteiger partial charge is 0.477 e. The average molecular weight is 381 g/mol. The Bertz CT molecular complexity index is 1140. The monoisotopic (exact) mass is 381 g/mol. The van der Waals surface area contributed by atoms with Gasteiger partial charge in [0.2, 0.25) is 5.43 Å². The fraction of sp³-hybridized carbons (Fsp3) is 0.350. The Labute approximate surface area is 159 Å². The molecule has 5 rings (SSSR count). The van der Waals surface area contributed by atoms with Gasteiger partial charge in [0.25, 0.3) is 0 Å². The van der Waals surface area contributed by atoms with E-state index in [1.165, 1.54) is 16.6 Å². The highest BCUT2D eigenvalue weighted by atomic mass is 32.1. The topological polar surface area (TPSA) is 75.4 Å². The molecule has 1 saturated carbocycles. The summed E-state index contributed by atoms with van der Waals surface area (Å²) in [5.41, 5.74) is 2.19. The molecule has 1 aliphatic carbocycles. The molecule has 0 radical (unpaired) electrons. The summed E-state index contributed by atoms with van der Waals surface area (Å²) in [6.45, 7) is 2.02. The highest BCUT2D eigenvalue weighted by molar-refractivity contribution is 7.15. The molecule has 1 aliphatic heterocycles. The van der Waals surface area contributed by atoms with E-state index in [0.29, 0.717) is 11.0 Å². The third kappa shape index (κ3) is 2.78. The van der Waals surface area contributed by atoms with Crippen molar-refractivity contribution in [2.45, 2.75) is 31.8 Å². The Morgan fingerprint density at radius 2 is 2.15 bits per heavy atom. The van der Waals surface area contributed by atoms with E-state index in [4.69, 9.17) is 4.98 Å². The van der Waals surface area contributed by atoms with Gasteiger partial charge in [-0.2, -0.15) is 0 Å². The molecule has 7 heteroatoms. The third-order valence-corrected chi connectivity index (χ3v) is 6.56. The number of thiophene rings is 1. The standard InChI is InChI=1S/C20H19N3O3S/c1-22-7-6-11-8-16(27-17(11)10-22)15-5-4-13-18(24)14(20(25)26)9-23(12-2-3-12)19(13)21-15/h4-5,8-9,12H,2-3,6-7,10H2,1H3,(H,25,26). The molecule has 0 atom stereocenters. The number of nitrogens with zero attached hydrogens (tertiary/aromatic N) is 3. The van der Waals surface area contributed by atoms with Crippen molar-refractivity contribution < 1.29 is 9.90 Å². The van der Waals surface area contributed by atoms with E-state index in [2.05, 4.69) is 18.0 Å². The summed E-state index contributed by atoms with van der Waals surface area (Å²) in [4.78, 5) is 33.6. The lowest BCUT2D eigenvalue weighted by Gasteiger charge is -2.21. The van der Waals surface area contributed by atoms with Crippen LogP contribution in [0.4, 0.5) is 0 Å². The van der Waals surface area contributed by atoms with Gasteiger partial charge in [0, 0.05) is 30.2 Å². The summed E-state index contributed by atoms with van der Waals surface area (Å²) in [6, 6.07) is 6.02. The van der Waals surface area contributed by atoms with Gasteiger partial charge in [-0.15, -0.1) is 11.3 Å². The Hall–Kier alpha value is -2.51. The van der Waals surface area contributed by atoms with Crippen LogP contribution in [-0.4, -0.2) is 39.1 Å². The van der Waals surface area contributed by atoms with Crippen molar-refractivity contribution >= 4 is 28.3 Å². The van der Waals surface area contributed by atoms with Crippen LogP contribution in [0.25, 0.3) is 21.6 Å². The smallest absolute Gasteiger partial charge is 0.341 e. The van der Waals surface area contributed by atoms with E-state index in [-0.39, 0.29) is 11.6 Å². The number of carbonyl (C=O) groups is 1. The van der Waals surface area contributed by atoms with Gasteiger partial charge in [0.15, 0.2) is 0 Å². The minimum absolute atomic E-state index is 0.182. The fourth-order valence-electron chi connectivity index (χ4n) is 3.72. The Balaban J connectivity index is 1.68. The van der Waals surface area contributed by atoms with Gasteiger partial charge < -0.3 is 14.6 Å². The zero-order valence-corrected chi connectivity index (χ0v) is 15.8. The Kier molecular flexibility index (Phi) is 3.70. The number of fused-ring (bicyclic) bond motifs is 2. The highest BCUT2D eigenvalue weighted by Crippen LogP contribution is 2.38. The molecule has 3 aromatic heterocycles. The van der Waals surface area contributed by atoms with Crippen LogP contribution in [0.15, 0.2) is 29.2 Å². The van der Waals surface area contributed by atoms with Gasteiger partial charge in [0.1, 0.15) is 11.2 Å². The second-order valence-corrected chi connectivity index (χ2v) is 8.57. The first-order chi connectivity index (χ1) is 13.0. The maximum Gasteiger partial charge on any atom is 0.341 e. The van der Waals surface area contributed by atoms with E-state index in [1.54, 1.807) is 17.4 Å². The fourth-order valence-corrected chi connectivity index (χ4v) is 4.98. The zero-order valence-electron chi connectivity index (χ0n) is 14.9. The quantitative estimate of drug-likeness (QED) is 0.754. The number of carboxylic acid groups (broad SMARTS) is 1. The van der Waals surface area contributed by atoms with Crippen LogP contribution in [-0.2, 0) is 13.0 Å². The summed E-state index contributed by atoms with van der Waals surface area (Å²) in [5, 5.41) is 9.74. The van der Waals surface area contributed by atoms with Crippen molar-refractivity contribution in [1.29, 1.82) is 0 Å². The molecule has 4 heterocycles. The molecule has 0 amide bonds. The van der Waals surface area contributed by atoms with Crippen molar-refractivity contribution in [2.75, 3.05) is 13.6 Å². The lowest BCUT2D eigenvalue weighted by molar-refractivity contribution is 0.0695. The number of rotatable bonds is 3. The molecule has 2 aliphatic rings. The molecular formula is C20H19N3O3S. The van der Waals surface area contributed by atoms with E-state index in [1.807, 2.05) is 10.6 Å². The molecule has 1 N–H and O–H groups in total. The van der Waals surface area contributed by atoms with Crippen molar-refractivity contribution in [3.63, 3.8) is 0 Å². The minimum Gasteiger partial charge on any atom is -0.477 e. The minimum atomic E-state index is -1.18. The molecule has 138 valence electrons. The van der Waals surface area contributed by atoms with Gasteiger partial charge in [0.05, 0.1) is 16.0 Å². The second-order valence-electron chi connectivity index (χ2n) is 7.43. The SMILES string of the molecule is CN1CCc2cc(-c3ccc4c(=O)c(C(=O)O)cn(C5CC5)c4n3)sc2C1. The van der Waals surface area contributed by atoms with Crippen LogP contribution in [0.2, 0.25) is 0 Å². The van der Waals surface area contributed by atoms with Gasteiger partial charge in [-0.05, 0) is 50.1 Å². The normalized spacial score (nSPS) is 17.2. The van der Waals surface area contributed by atoms with Crippen LogP contribution < -0.4 is 5.43 Å². The lowest BCUT2D eigenvalue weighted by Crippen LogP contribution is -2.24. The number of aromatic carboxylic acids is 1. The van der Waals surface area contributed by atoms with Crippen LogP contribution >= 0.6 is 11.3 Å². The van der Waals surface area contributed by atoms with Gasteiger partial charge in [-0.3, -0.25) is 4.79 Å². The van der Waals surface area contributed by atoms with Crippen LogP contribution in [0, 0.1) is 0 Å².